The highest BCUT2D eigenvalue weighted by molar-refractivity contribution is 6.07. The maximum atomic E-state index is 12.7. The van der Waals surface area contributed by atoms with E-state index in [0.717, 1.165) is 16.3 Å². The van der Waals surface area contributed by atoms with Crippen molar-refractivity contribution < 1.29 is 9.21 Å². The molecule has 4 nitrogen and oxygen atoms in total. The van der Waals surface area contributed by atoms with Gasteiger partial charge in [-0.1, -0.05) is 48.5 Å². The molecule has 1 heterocycles. The lowest BCUT2D eigenvalue weighted by Gasteiger charge is -2.06. The Morgan fingerprint density at radius 3 is 2.43 bits per heavy atom. The molecule has 5 aromatic rings. The number of oxazole rings is 1. The number of rotatable bonds is 3. The number of fused-ring (bicyclic) bond motifs is 2. The molecule has 0 atom stereocenters. The molecular formula is C24H16N2O2. The predicted molar refractivity (Wildman–Crippen MR) is 111 cm³/mol. The third kappa shape index (κ3) is 3.01. The molecule has 0 saturated carbocycles. The molecular weight excluding hydrogens is 348 g/mol. The van der Waals surface area contributed by atoms with Crippen LogP contribution in [0.3, 0.4) is 0 Å². The van der Waals surface area contributed by atoms with Gasteiger partial charge in [-0.2, -0.15) is 0 Å². The summed E-state index contributed by atoms with van der Waals surface area (Å²) in [5.41, 5.74) is 3.60. The van der Waals surface area contributed by atoms with Crippen LogP contribution in [-0.4, -0.2) is 10.9 Å². The molecule has 4 heteroatoms. The van der Waals surface area contributed by atoms with Crippen LogP contribution in [-0.2, 0) is 0 Å². The normalized spacial score (nSPS) is 11.0. The Morgan fingerprint density at radius 1 is 0.786 bits per heavy atom. The fourth-order valence-corrected chi connectivity index (χ4v) is 3.24. The van der Waals surface area contributed by atoms with Gasteiger partial charge in [-0.15, -0.1) is 0 Å². The molecule has 0 aliphatic carbocycles. The smallest absolute Gasteiger partial charge is 0.255 e. The second-order valence-electron chi connectivity index (χ2n) is 6.58. The van der Waals surface area contributed by atoms with Crippen LogP contribution in [0.25, 0.3) is 33.3 Å². The number of hydrogen-bond acceptors (Lipinski definition) is 3. The minimum absolute atomic E-state index is 0.156. The van der Waals surface area contributed by atoms with Gasteiger partial charge < -0.3 is 9.73 Å². The van der Waals surface area contributed by atoms with Crippen molar-refractivity contribution in [3.63, 3.8) is 0 Å². The van der Waals surface area contributed by atoms with E-state index < -0.39 is 0 Å². The zero-order valence-electron chi connectivity index (χ0n) is 14.9. The van der Waals surface area contributed by atoms with Crippen molar-refractivity contribution in [2.75, 3.05) is 5.32 Å². The molecule has 1 N–H and O–H groups in total. The van der Waals surface area contributed by atoms with Crippen molar-refractivity contribution in [1.82, 2.24) is 4.98 Å². The van der Waals surface area contributed by atoms with Gasteiger partial charge in [0.15, 0.2) is 5.58 Å². The van der Waals surface area contributed by atoms with Crippen molar-refractivity contribution in [1.29, 1.82) is 0 Å². The van der Waals surface area contributed by atoms with Gasteiger partial charge in [0.05, 0.1) is 0 Å². The number of nitrogens with zero attached hydrogens (tertiary/aromatic N) is 1. The van der Waals surface area contributed by atoms with E-state index in [-0.39, 0.29) is 5.91 Å². The van der Waals surface area contributed by atoms with Crippen LogP contribution in [0.15, 0.2) is 95.4 Å². The predicted octanol–water partition coefficient (Wildman–Crippen LogP) is 5.90. The summed E-state index contributed by atoms with van der Waals surface area (Å²) in [5, 5.41) is 5.09. The van der Waals surface area contributed by atoms with E-state index in [1.807, 2.05) is 91.0 Å². The van der Waals surface area contributed by atoms with E-state index >= 15 is 0 Å². The second-order valence-corrected chi connectivity index (χ2v) is 6.58. The standard InChI is InChI=1S/C24H16N2O2/c27-23(19-11-10-16-6-4-5-9-18(16)14-19)25-20-12-13-22-21(15-20)26-24(28-22)17-7-2-1-3-8-17/h1-15H,(H,25,27). The molecule has 0 bridgehead atoms. The molecule has 0 radical (unpaired) electrons. The molecule has 1 aromatic heterocycles. The largest absolute Gasteiger partial charge is 0.436 e. The summed E-state index contributed by atoms with van der Waals surface area (Å²) in [6.07, 6.45) is 0. The highest BCUT2D eigenvalue weighted by Crippen LogP contribution is 2.26. The van der Waals surface area contributed by atoms with Gasteiger partial charge in [0.1, 0.15) is 5.52 Å². The summed E-state index contributed by atoms with van der Waals surface area (Å²) in [5.74, 6) is 0.408. The van der Waals surface area contributed by atoms with Gasteiger partial charge in [-0.25, -0.2) is 4.98 Å². The van der Waals surface area contributed by atoms with Crippen LogP contribution in [0, 0.1) is 0 Å². The summed E-state index contributed by atoms with van der Waals surface area (Å²) in [6.45, 7) is 0. The highest BCUT2D eigenvalue weighted by atomic mass is 16.3. The van der Waals surface area contributed by atoms with Crippen LogP contribution < -0.4 is 5.32 Å². The van der Waals surface area contributed by atoms with Crippen LogP contribution in [0.1, 0.15) is 10.4 Å². The summed E-state index contributed by atoms with van der Waals surface area (Å²) in [4.78, 5) is 17.2. The summed E-state index contributed by atoms with van der Waals surface area (Å²) < 4.78 is 5.82. The lowest BCUT2D eigenvalue weighted by atomic mass is 10.1. The van der Waals surface area contributed by atoms with E-state index in [9.17, 15) is 4.79 Å². The minimum Gasteiger partial charge on any atom is -0.436 e. The quantitative estimate of drug-likeness (QED) is 0.433. The zero-order chi connectivity index (χ0) is 18.9. The first kappa shape index (κ1) is 16.3. The number of carbonyl (C=O) groups is 1. The summed E-state index contributed by atoms with van der Waals surface area (Å²) in [6, 6.07) is 28.9. The SMILES string of the molecule is O=C(Nc1ccc2oc(-c3ccccc3)nc2c1)c1ccc2ccccc2c1. The number of carbonyl (C=O) groups excluding carboxylic acids is 1. The molecule has 0 spiro atoms. The Bertz CT molecular complexity index is 1310. The third-order valence-corrected chi connectivity index (χ3v) is 4.68. The second kappa shape index (κ2) is 6.67. The van der Waals surface area contributed by atoms with Crippen LogP contribution >= 0.6 is 0 Å². The first-order chi connectivity index (χ1) is 13.8. The molecule has 0 aliphatic heterocycles. The third-order valence-electron chi connectivity index (χ3n) is 4.68. The van der Waals surface area contributed by atoms with Crippen molar-refractivity contribution in [2.45, 2.75) is 0 Å². The fraction of sp³-hybridized carbons (Fsp3) is 0. The van der Waals surface area contributed by atoms with Gasteiger partial charge in [0, 0.05) is 16.8 Å². The summed E-state index contributed by atoms with van der Waals surface area (Å²) in [7, 11) is 0. The Hall–Kier alpha value is -3.92. The van der Waals surface area contributed by atoms with Crippen molar-refractivity contribution in [2.24, 2.45) is 0 Å². The maximum absolute atomic E-state index is 12.7. The summed E-state index contributed by atoms with van der Waals surface area (Å²) >= 11 is 0. The molecule has 1 amide bonds. The lowest BCUT2D eigenvalue weighted by Crippen LogP contribution is -2.11. The van der Waals surface area contributed by atoms with Crippen molar-refractivity contribution in [3.8, 4) is 11.5 Å². The van der Waals surface area contributed by atoms with Gasteiger partial charge in [0.2, 0.25) is 5.89 Å². The topological polar surface area (TPSA) is 55.1 Å². The first-order valence-corrected chi connectivity index (χ1v) is 9.02. The Labute approximate surface area is 161 Å². The Morgan fingerprint density at radius 2 is 1.57 bits per heavy atom. The van der Waals surface area contributed by atoms with E-state index in [4.69, 9.17) is 4.42 Å². The number of anilines is 1. The van der Waals surface area contributed by atoms with Gasteiger partial charge in [0.25, 0.3) is 5.91 Å². The zero-order valence-corrected chi connectivity index (χ0v) is 14.9. The Balaban J connectivity index is 1.43. The molecule has 134 valence electrons. The van der Waals surface area contributed by atoms with E-state index in [1.54, 1.807) is 0 Å². The monoisotopic (exact) mass is 364 g/mol. The average molecular weight is 364 g/mol. The maximum Gasteiger partial charge on any atom is 0.255 e. The number of hydrogen-bond donors (Lipinski definition) is 1. The number of aromatic nitrogens is 1. The van der Waals surface area contributed by atoms with Crippen molar-refractivity contribution in [3.05, 3.63) is 96.6 Å². The lowest BCUT2D eigenvalue weighted by molar-refractivity contribution is 0.102. The van der Waals surface area contributed by atoms with E-state index in [2.05, 4.69) is 10.3 Å². The molecule has 4 aromatic carbocycles. The fourth-order valence-electron chi connectivity index (χ4n) is 3.24. The van der Waals surface area contributed by atoms with Crippen molar-refractivity contribution >= 4 is 33.5 Å². The first-order valence-electron chi connectivity index (χ1n) is 9.02. The highest BCUT2D eigenvalue weighted by Gasteiger charge is 2.11. The van der Waals surface area contributed by atoms with Crippen LogP contribution in [0.2, 0.25) is 0 Å². The minimum atomic E-state index is -0.156. The van der Waals surface area contributed by atoms with Crippen LogP contribution in [0.4, 0.5) is 5.69 Å². The molecule has 28 heavy (non-hydrogen) atoms. The van der Waals surface area contributed by atoms with Crippen LogP contribution in [0.5, 0.6) is 0 Å². The van der Waals surface area contributed by atoms with Gasteiger partial charge in [-0.05, 0) is 53.2 Å². The van der Waals surface area contributed by atoms with Gasteiger partial charge >= 0.3 is 0 Å². The molecule has 0 aliphatic rings. The van der Waals surface area contributed by atoms with E-state index in [1.165, 1.54) is 0 Å². The number of amides is 1. The molecule has 0 unspecified atom stereocenters. The van der Waals surface area contributed by atoms with Gasteiger partial charge in [-0.3, -0.25) is 4.79 Å². The molecule has 5 rings (SSSR count). The van der Waals surface area contributed by atoms with E-state index in [0.29, 0.717) is 28.2 Å². The average Bonchev–Trinajstić information content (AvgIpc) is 3.17. The Kier molecular flexibility index (Phi) is 3.87. The number of benzene rings is 4. The molecule has 0 fully saturated rings. The number of nitrogens with one attached hydrogen (secondary N) is 1. The molecule has 0 saturated heterocycles.